The van der Waals surface area contributed by atoms with Gasteiger partial charge in [0.05, 0.1) is 21.2 Å². The van der Waals surface area contributed by atoms with Crippen LogP contribution < -0.4 is 14.3 Å². The van der Waals surface area contributed by atoms with Gasteiger partial charge < -0.3 is 5.32 Å². The Labute approximate surface area is 226 Å². The molecule has 0 atom stereocenters. The van der Waals surface area contributed by atoms with Gasteiger partial charge >= 0.3 is 0 Å². The summed E-state index contributed by atoms with van der Waals surface area (Å²) < 4.78 is 55.8. The topological polar surface area (TPSA) is 113 Å². The monoisotopic (exact) mass is 567 g/mol. The molecule has 8 nitrogen and oxygen atoms in total. The van der Waals surface area contributed by atoms with Gasteiger partial charge in [-0.15, -0.1) is 0 Å². The summed E-state index contributed by atoms with van der Waals surface area (Å²) in [5, 5.41) is 3.08. The number of benzene rings is 4. The smallest absolute Gasteiger partial charge is 0.265 e. The molecule has 38 heavy (non-hydrogen) atoms. The molecule has 0 bridgehead atoms. The van der Waals surface area contributed by atoms with Gasteiger partial charge in [0.25, 0.3) is 20.0 Å². The average molecular weight is 568 g/mol. The van der Waals surface area contributed by atoms with Gasteiger partial charge in [0.1, 0.15) is 6.54 Å². The minimum Gasteiger partial charge on any atom is -0.325 e. The van der Waals surface area contributed by atoms with Gasteiger partial charge in [0, 0.05) is 21.8 Å². The Bertz CT molecular complexity index is 1770. The van der Waals surface area contributed by atoms with Crippen LogP contribution in [0.15, 0.2) is 101 Å². The summed E-state index contributed by atoms with van der Waals surface area (Å²) in [5.74, 6) is -0.578. The maximum Gasteiger partial charge on any atom is 0.265 e. The Hall–Kier alpha value is -3.86. The molecule has 0 radical (unpaired) electrons. The van der Waals surface area contributed by atoms with Gasteiger partial charge in [-0.05, 0) is 61.0 Å². The van der Waals surface area contributed by atoms with E-state index >= 15 is 0 Å². The predicted octanol–water partition coefficient (Wildman–Crippen LogP) is 5.26. The number of carbonyl (C=O) groups is 1. The molecule has 194 valence electrons. The number of rotatable bonds is 6. The molecule has 1 aliphatic rings. The molecule has 0 saturated heterocycles. The number of amides is 1. The first-order chi connectivity index (χ1) is 18.1. The third-order valence-corrected chi connectivity index (χ3v) is 9.70. The van der Waals surface area contributed by atoms with E-state index in [2.05, 4.69) is 10.0 Å². The molecule has 1 amide bonds. The highest BCUT2D eigenvalue weighted by atomic mass is 35.5. The van der Waals surface area contributed by atoms with Crippen molar-refractivity contribution < 1.29 is 21.6 Å². The van der Waals surface area contributed by atoms with Crippen molar-refractivity contribution in [3.8, 4) is 11.1 Å². The number of carbonyl (C=O) groups excluding carboxylic acids is 1. The normalized spacial score (nSPS) is 13.8. The standard InChI is InChI=1S/C27H22ClN3O5S2/c1-18-10-11-20(16-24(18)28)30-37(33,34)21-14-12-19(13-15-21)29-27(32)17-31-25-8-4-2-6-22(25)23-7-3-5-9-26(23)38(31,35)36/h2-16,30H,17H2,1H3,(H,29,32). The Morgan fingerprint density at radius 1 is 0.868 bits per heavy atom. The largest absolute Gasteiger partial charge is 0.325 e. The quantitative estimate of drug-likeness (QED) is 0.330. The molecule has 0 fully saturated rings. The van der Waals surface area contributed by atoms with Gasteiger partial charge in [-0.1, -0.05) is 54.1 Å². The Morgan fingerprint density at radius 2 is 1.50 bits per heavy atom. The van der Waals surface area contributed by atoms with Crippen LogP contribution in [0.5, 0.6) is 0 Å². The van der Waals surface area contributed by atoms with Crippen molar-refractivity contribution in [2.45, 2.75) is 16.7 Å². The first-order valence-corrected chi connectivity index (χ1v) is 14.8. The number of halogens is 1. The molecule has 1 aliphatic heterocycles. The molecule has 4 aromatic rings. The molecule has 2 N–H and O–H groups in total. The lowest BCUT2D eigenvalue weighted by Gasteiger charge is -2.31. The summed E-state index contributed by atoms with van der Waals surface area (Å²) in [6.45, 7) is 1.36. The predicted molar refractivity (Wildman–Crippen MR) is 148 cm³/mol. The molecular weight excluding hydrogens is 546 g/mol. The van der Waals surface area contributed by atoms with Crippen molar-refractivity contribution in [2.24, 2.45) is 0 Å². The first kappa shape index (κ1) is 25.8. The zero-order valence-corrected chi connectivity index (χ0v) is 22.4. The maximum atomic E-state index is 13.4. The van der Waals surface area contributed by atoms with Gasteiger partial charge in [-0.25, -0.2) is 16.8 Å². The van der Waals surface area contributed by atoms with Crippen molar-refractivity contribution in [1.82, 2.24) is 0 Å². The second-order valence-corrected chi connectivity index (χ2v) is 12.6. The molecular formula is C27H22ClN3O5S2. The van der Waals surface area contributed by atoms with E-state index in [1.54, 1.807) is 42.5 Å². The summed E-state index contributed by atoms with van der Waals surface area (Å²) in [7, 11) is -7.87. The summed E-state index contributed by atoms with van der Waals surface area (Å²) in [4.78, 5) is 13.0. The first-order valence-electron chi connectivity index (χ1n) is 11.5. The van der Waals surface area contributed by atoms with E-state index in [0.717, 1.165) is 9.87 Å². The number of hydrogen-bond donors (Lipinski definition) is 2. The zero-order valence-electron chi connectivity index (χ0n) is 20.1. The second kappa shape index (κ2) is 9.79. The van der Waals surface area contributed by atoms with E-state index in [-0.39, 0.29) is 9.79 Å². The highest BCUT2D eigenvalue weighted by Crippen LogP contribution is 2.42. The molecule has 0 unspecified atom stereocenters. The van der Waals surface area contributed by atoms with Crippen molar-refractivity contribution in [2.75, 3.05) is 20.9 Å². The Morgan fingerprint density at radius 3 is 2.21 bits per heavy atom. The lowest BCUT2D eigenvalue weighted by atomic mass is 10.0. The zero-order chi connectivity index (χ0) is 27.1. The van der Waals surface area contributed by atoms with E-state index < -0.39 is 32.5 Å². The Kier molecular flexibility index (Phi) is 6.64. The van der Waals surface area contributed by atoms with Gasteiger partial charge in [0.2, 0.25) is 5.91 Å². The van der Waals surface area contributed by atoms with Gasteiger partial charge in [-0.3, -0.25) is 13.8 Å². The van der Waals surface area contributed by atoms with Crippen LogP contribution >= 0.6 is 11.6 Å². The van der Waals surface area contributed by atoms with E-state index in [9.17, 15) is 21.6 Å². The number of nitrogens with zero attached hydrogens (tertiary/aromatic N) is 1. The molecule has 5 rings (SSSR count). The highest BCUT2D eigenvalue weighted by Gasteiger charge is 2.35. The summed E-state index contributed by atoms with van der Waals surface area (Å²) >= 11 is 6.08. The third kappa shape index (κ3) is 4.85. The molecule has 0 spiro atoms. The van der Waals surface area contributed by atoms with E-state index in [0.29, 0.717) is 33.2 Å². The minimum atomic E-state index is -3.97. The van der Waals surface area contributed by atoms with E-state index in [4.69, 9.17) is 11.6 Å². The summed E-state index contributed by atoms with van der Waals surface area (Å²) in [6, 6.07) is 24.0. The van der Waals surface area contributed by atoms with Gasteiger partial charge in [-0.2, -0.15) is 0 Å². The van der Waals surface area contributed by atoms with Crippen LogP contribution in [0.4, 0.5) is 17.1 Å². The number of sulfonamides is 2. The van der Waals surface area contributed by atoms with Crippen molar-refractivity contribution in [1.29, 1.82) is 0 Å². The van der Waals surface area contributed by atoms with Crippen LogP contribution in [-0.2, 0) is 24.8 Å². The fraction of sp³-hybridized carbons (Fsp3) is 0.0741. The fourth-order valence-corrected chi connectivity index (χ4v) is 7.05. The van der Waals surface area contributed by atoms with Crippen molar-refractivity contribution in [3.05, 3.63) is 102 Å². The third-order valence-electron chi connectivity index (χ3n) is 6.08. The Balaban J connectivity index is 1.33. The van der Waals surface area contributed by atoms with E-state index in [1.165, 1.54) is 36.4 Å². The second-order valence-electron chi connectivity index (χ2n) is 8.67. The fourth-order valence-electron chi connectivity index (χ4n) is 4.17. The van der Waals surface area contributed by atoms with E-state index in [1.807, 2.05) is 19.1 Å². The molecule has 0 aliphatic carbocycles. The summed E-state index contributed by atoms with van der Waals surface area (Å²) in [6.07, 6.45) is 0. The molecule has 11 heteroatoms. The van der Waals surface area contributed by atoms with Crippen LogP contribution in [0.2, 0.25) is 5.02 Å². The number of anilines is 3. The summed E-state index contributed by atoms with van der Waals surface area (Å²) in [5.41, 5.74) is 3.16. The average Bonchev–Trinajstić information content (AvgIpc) is 2.89. The maximum absolute atomic E-state index is 13.4. The molecule has 1 heterocycles. The van der Waals surface area contributed by atoms with Crippen LogP contribution in [0.25, 0.3) is 11.1 Å². The molecule has 4 aromatic carbocycles. The minimum absolute atomic E-state index is 0.0173. The van der Waals surface area contributed by atoms with Crippen LogP contribution in [-0.4, -0.2) is 29.3 Å². The highest BCUT2D eigenvalue weighted by molar-refractivity contribution is 7.93. The number of fused-ring (bicyclic) bond motifs is 3. The van der Waals surface area contributed by atoms with Crippen LogP contribution in [0.1, 0.15) is 5.56 Å². The van der Waals surface area contributed by atoms with Crippen molar-refractivity contribution in [3.63, 3.8) is 0 Å². The number of hydrogen-bond acceptors (Lipinski definition) is 5. The number of nitrogens with one attached hydrogen (secondary N) is 2. The SMILES string of the molecule is Cc1ccc(NS(=O)(=O)c2ccc(NC(=O)CN3c4ccccc4-c4ccccc4S3(=O)=O)cc2)cc1Cl. The van der Waals surface area contributed by atoms with Crippen molar-refractivity contribution >= 4 is 54.6 Å². The van der Waals surface area contributed by atoms with Crippen LogP contribution in [0.3, 0.4) is 0 Å². The molecule has 0 aromatic heterocycles. The number of aryl methyl sites for hydroxylation is 1. The van der Waals surface area contributed by atoms with Crippen LogP contribution in [0, 0.1) is 6.92 Å². The van der Waals surface area contributed by atoms with Gasteiger partial charge in [0.15, 0.2) is 0 Å². The lowest BCUT2D eigenvalue weighted by Crippen LogP contribution is -2.40. The molecule has 0 saturated carbocycles. The number of para-hydroxylation sites is 1. The lowest BCUT2D eigenvalue weighted by molar-refractivity contribution is -0.114.